The molecule has 166 valence electrons. The molecule has 1 fully saturated rings. The second-order valence-corrected chi connectivity index (χ2v) is 9.69. The van der Waals surface area contributed by atoms with Crippen molar-refractivity contribution in [1.29, 1.82) is 0 Å². The highest BCUT2D eigenvalue weighted by Crippen LogP contribution is 2.14. The number of hydrogen-bond acceptors (Lipinski definition) is 4. The predicted octanol–water partition coefficient (Wildman–Crippen LogP) is 3.05. The van der Waals surface area contributed by atoms with E-state index in [0.717, 1.165) is 31.1 Å². The Balaban J connectivity index is 1.45. The zero-order chi connectivity index (χ0) is 22.2. The minimum atomic E-state index is -1.14. The van der Waals surface area contributed by atoms with Gasteiger partial charge in [-0.15, -0.1) is 0 Å². The van der Waals surface area contributed by atoms with Crippen LogP contribution in [0.4, 0.5) is 5.69 Å². The molecule has 1 atom stereocenters. The van der Waals surface area contributed by atoms with Gasteiger partial charge < -0.3 is 10.2 Å². The molecule has 6 nitrogen and oxygen atoms in total. The van der Waals surface area contributed by atoms with E-state index in [2.05, 4.69) is 22.3 Å². The first-order valence-corrected chi connectivity index (χ1v) is 12.3. The topological polar surface area (TPSA) is 69.7 Å². The van der Waals surface area contributed by atoms with Crippen molar-refractivity contribution in [3.8, 4) is 0 Å². The summed E-state index contributed by atoms with van der Waals surface area (Å²) in [4.78, 5) is 28.9. The lowest BCUT2D eigenvalue weighted by molar-refractivity contribution is -0.113. The number of nitrogens with zero attached hydrogens (tertiary/aromatic N) is 2. The van der Waals surface area contributed by atoms with Crippen LogP contribution >= 0.6 is 11.6 Å². The maximum absolute atomic E-state index is 12.8. The minimum absolute atomic E-state index is 0.00214. The second kappa shape index (κ2) is 11.4. The largest absolute Gasteiger partial charge is 0.336 e. The highest BCUT2D eigenvalue weighted by Gasteiger charge is 2.22. The first-order chi connectivity index (χ1) is 14.9. The Hall–Kier alpha value is -2.22. The van der Waals surface area contributed by atoms with Gasteiger partial charge in [-0.1, -0.05) is 30.7 Å². The van der Waals surface area contributed by atoms with Crippen LogP contribution in [-0.2, 0) is 22.0 Å². The summed E-state index contributed by atoms with van der Waals surface area (Å²) in [5.74, 6) is 0.158. The maximum atomic E-state index is 12.8. The fraction of sp³-hybridized carbons (Fsp3) is 0.391. The molecule has 1 aliphatic heterocycles. The van der Waals surface area contributed by atoms with Crippen LogP contribution in [0.2, 0.25) is 5.02 Å². The standard InChI is InChI=1S/C23H28ClN3O3S/c1-2-31(30)17-22(28)25-21-9-5-19(6-10-21)23(29)27-15-13-26(14-16-27)12-11-18-3-7-20(24)8-4-18/h3-10H,2,11-17H2,1H3,(H,25,28). The average molecular weight is 462 g/mol. The van der Waals surface area contributed by atoms with Crippen LogP contribution in [0, 0.1) is 0 Å². The molecule has 8 heteroatoms. The number of benzene rings is 2. The summed E-state index contributed by atoms with van der Waals surface area (Å²) in [6.07, 6.45) is 0.962. The van der Waals surface area contributed by atoms with Gasteiger partial charge in [-0.05, 0) is 48.4 Å². The molecule has 31 heavy (non-hydrogen) atoms. The predicted molar refractivity (Wildman–Crippen MR) is 126 cm³/mol. The highest BCUT2D eigenvalue weighted by atomic mass is 35.5. The van der Waals surface area contributed by atoms with Gasteiger partial charge >= 0.3 is 0 Å². The number of amides is 2. The van der Waals surface area contributed by atoms with E-state index in [1.807, 2.05) is 17.0 Å². The Morgan fingerprint density at radius 2 is 1.65 bits per heavy atom. The lowest BCUT2D eigenvalue weighted by Crippen LogP contribution is -2.49. The van der Waals surface area contributed by atoms with Gasteiger partial charge in [0.1, 0.15) is 5.75 Å². The van der Waals surface area contributed by atoms with E-state index in [1.54, 1.807) is 31.2 Å². The van der Waals surface area contributed by atoms with Crippen LogP contribution in [-0.4, -0.2) is 70.1 Å². The molecular formula is C23H28ClN3O3S. The number of piperazine rings is 1. The fourth-order valence-corrected chi connectivity index (χ4v) is 4.13. The average Bonchev–Trinajstić information content (AvgIpc) is 2.79. The Morgan fingerprint density at radius 1 is 1.00 bits per heavy atom. The van der Waals surface area contributed by atoms with Crippen LogP contribution in [0.25, 0.3) is 0 Å². The lowest BCUT2D eigenvalue weighted by atomic mass is 10.1. The number of carbonyl (C=O) groups excluding carboxylic acids is 2. The van der Waals surface area contributed by atoms with Gasteiger partial charge in [0.2, 0.25) is 5.91 Å². The van der Waals surface area contributed by atoms with Gasteiger partial charge in [0.15, 0.2) is 0 Å². The van der Waals surface area contributed by atoms with Crippen molar-refractivity contribution in [3.63, 3.8) is 0 Å². The smallest absolute Gasteiger partial charge is 0.253 e. The Labute approximate surface area is 191 Å². The molecule has 0 radical (unpaired) electrons. The SMILES string of the molecule is CCS(=O)CC(=O)Nc1ccc(C(=O)N2CCN(CCc3ccc(Cl)cc3)CC2)cc1. The molecule has 1 heterocycles. The van der Waals surface area contributed by atoms with E-state index in [-0.39, 0.29) is 17.6 Å². The third-order valence-corrected chi connectivity index (χ3v) is 6.80. The molecule has 1 unspecified atom stereocenters. The monoisotopic (exact) mass is 461 g/mol. The summed E-state index contributed by atoms with van der Waals surface area (Å²) >= 11 is 5.93. The molecule has 0 saturated carbocycles. The van der Waals surface area contributed by atoms with E-state index in [0.29, 0.717) is 30.1 Å². The van der Waals surface area contributed by atoms with Crippen molar-refractivity contribution in [3.05, 3.63) is 64.7 Å². The summed E-state index contributed by atoms with van der Waals surface area (Å²) < 4.78 is 11.5. The van der Waals surface area contributed by atoms with Crippen molar-refractivity contribution in [2.24, 2.45) is 0 Å². The number of anilines is 1. The van der Waals surface area contributed by atoms with Crippen LogP contribution in [0.3, 0.4) is 0 Å². The van der Waals surface area contributed by atoms with Crippen LogP contribution < -0.4 is 5.32 Å². The number of carbonyl (C=O) groups is 2. The van der Waals surface area contributed by atoms with Gasteiger partial charge in [0.05, 0.1) is 0 Å². The van der Waals surface area contributed by atoms with E-state index < -0.39 is 10.8 Å². The van der Waals surface area contributed by atoms with Gasteiger partial charge in [-0.2, -0.15) is 0 Å². The maximum Gasteiger partial charge on any atom is 0.253 e. The van der Waals surface area contributed by atoms with Gasteiger partial charge in [0.25, 0.3) is 5.91 Å². The summed E-state index contributed by atoms with van der Waals surface area (Å²) in [7, 11) is -1.14. The Kier molecular flexibility index (Phi) is 8.63. The quantitative estimate of drug-likeness (QED) is 0.656. The van der Waals surface area contributed by atoms with Gasteiger partial charge in [0, 0.05) is 65.5 Å². The molecule has 2 aromatic carbocycles. The van der Waals surface area contributed by atoms with Gasteiger partial charge in [-0.3, -0.25) is 18.7 Å². The van der Waals surface area contributed by atoms with E-state index in [1.165, 1.54) is 5.56 Å². The number of nitrogens with one attached hydrogen (secondary N) is 1. The fourth-order valence-electron chi connectivity index (χ4n) is 3.44. The molecule has 1 N–H and O–H groups in total. The molecule has 2 aromatic rings. The summed E-state index contributed by atoms with van der Waals surface area (Å²) in [5, 5.41) is 3.47. The Bertz CT molecular complexity index is 911. The van der Waals surface area contributed by atoms with Gasteiger partial charge in [-0.25, -0.2) is 0 Å². The summed E-state index contributed by atoms with van der Waals surface area (Å²) in [5.41, 5.74) is 2.46. The van der Waals surface area contributed by atoms with Crippen LogP contribution in [0.15, 0.2) is 48.5 Å². The number of hydrogen-bond donors (Lipinski definition) is 1. The number of halogens is 1. The van der Waals surface area contributed by atoms with Crippen molar-refractivity contribution < 1.29 is 13.8 Å². The van der Waals surface area contributed by atoms with Crippen molar-refractivity contribution in [2.75, 3.05) is 49.5 Å². The van der Waals surface area contributed by atoms with Crippen molar-refractivity contribution >= 4 is 39.9 Å². The lowest BCUT2D eigenvalue weighted by Gasteiger charge is -2.34. The Morgan fingerprint density at radius 3 is 2.26 bits per heavy atom. The molecule has 0 bridgehead atoms. The van der Waals surface area contributed by atoms with Crippen LogP contribution in [0.1, 0.15) is 22.8 Å². The third kappa shape index (κ3) is 7.16. The van der Waals surface area contributed by atoms with E-state index in [4.69, 9.17) is 11.6 Å². The molecule has 0 aromatic heterocycles. The minimum Gasteiger partial charge on any atom is -0.336 e. The molecule has 1 aliphatic rings. The molecule has 1 saturated heterocycles. The van der Waals surface area contributed by atoms with Crippen molar-refractivity contribution in [1.82, 2.24) is 9.80 Å². The van der Waals surface area contributed by atoms with E-state index in [9.17, 15) is 13.8 Å². The molecule has 3 rings (SSSR count). The summed E-state index contributed by atoms with van der Waals surface area (Å²) in [6.45, 7) is 5.83. The summed E-state index contributed by atoms with van der Waals surface area (Å²) in [6, 6.07) is 14.8. The molecule has 0 aliphatic carbocycles. The first kappa shape index (κ1) is 23.4. The van der Waals surface area contributed by atoms with E-state index >= 15 is 0 Å². The molecular weight excluding hydrogens is 434 g/mol. The first-order valence-electron chi connectivity index (χ1n) is 10.5. The highest BCUT2D eigenvalue weighted by molar-refractivity contribution is 7.85. The second-order valence-electron chi connectivity index (χ2n) is 7.51. The third-order valence-electron chi connectivity index (χ3n) is 5.32. The molecule has 0 spiro atoms. The van der Waals surface area contributed by atoms with Crippen LogP contribution in [0.5, 0.6) is 0 Å². The number of rotatable bonds is 8. The molecule has 2 amide bonds. The normalized spacial score (nSPS) is 15.5. The zero-order valence-electron chi connectivity index (χ0n) is 17.7. The zero-order valence-corrected chi connectivity index (χ0v) is 19.3. The van der Waals surface area contributed by atoms with Crippen molar-refractivity contribution in [2.45, 2.75) is 13.3 Å².